The van der Waals surface area contributed by atoms with Crippen molar-refractivity contribution in [2.75, 3.05) is 0 Å². The van der Waals surface area contributed by atoms with E-state index in [1.807, 2.05) is 0 Å². The minimum Gasteiger partial charge on any atom is -0.457 e. The van der Waals surface area contributed by atoms with Crippen LogP contribution in [0.25, 0.3) is 0 Å². The number of alkyl halides is 4. The van der Waals surface area contributed by atoms with Crippen LogP contribution >= 0.6 is 0 Å². The van der Waals surface area contributed by atoms with E-state index in [1.165, 1.54) is 0 Å². The van der Waals surface area contributed by atoms with Crippen molar-refractivity contribution in [1.82, 2.24) is 0 Å². The molecule has 0 saturated heterocycles. The number of rotatable bonds is 2. The monoisotopic (exact) mass is 384 g/mol. The first-order valence-corrected chi connectivity index (χ1v) is 7.69. The standard InChI is InChI=1S/C19H12F5NO2/c1-17(22)18(26)7-13(21)15-14(3-2-12(16(15)18)19(17,23)24)27-11-5-9(8-25)4-10(20)6-11/h2-6,13,26H,7H2,1H3/t13-,17?,18+/m0/s1/i7D2,13D. The summed E-state index contributed by atoms with van der Waals surface area (Å²) in [6.45, 7) is 0.238. The van der Waals surface area contributed by atoms with Crippen LogP contribution in [0.4, 0.5) is 22.0 Å². The molecule has 2 aromatic rings. The lowest BCUT2D eigenvalue weighted by Gasteiger charge is -2.34. The predicted octanol–water partition coefficient (Wildman–Crippen LogP) is 4.93. The molecule has 2 aliphatic carbocycles. The highest BCUT2D eigenvalue weighted by molar-refractivity contribution is 5.61. The maximum absolute atomic E-state index is 15.4. The Hall–Kier alpha value is -2.66. The van der Waals surface area contributed by atoms with Gasteiger partial charge >= 0.3 is 5.92 Å². The van der Waals surface area contributed by atoms with Gasteiger partial charge in [-0.15, -0.1) is 0 Å². The SMILES string of the molecule is [2H]C1([2H])[C@@]2(O)c3c(ccc(Oc4cc(F)cc(C#N)c4)c3[C@@]1([2H])F)C(F)(F)C2(C)F. The Bertz CT molecular complexity index is 1150. The Morgan fingerprint density at radius 2 is 2.04 bits per heavy atom. The summed E-state index contributed by atoms with van der Waals surface area (Å²) in [5, 5.41) is 19.7. The average Bonchev–Trinajstić information content (AvgIpc) is 2.85. The highest BCUT2D eigenvalue weighted by atomic mass is 19.3. The van der Waals surface area contributed by atoms with Gasteiger partial charge in [0.25, 0.3) is 0 Å². The van der Waals surface area contributed by atoms with Crippen LogP contribution in [0.3, 0.4) is 0 Å². The molecular weight excluding hydrogens is 369 g/mol. The molecule has 1 N–H and O–H groups in total. The van der Waals surface area contributed by atoms with Crippen molar-refractivity contribution in [3.63, 3.8) is 0 Å². The number of hydrogen-bond donors (Lipinski definition) is 1. The van der Waals surface area contributed by atoms with Crippen molar-refractivity contribution in [2.24, 2.45) is 0 Å². The van der Waals surface area contributed by atoms with E-state index in [4.69, 9.17) is 14.1 Å². The average molecular weight is 384 g/mol. The molecule has 0 aliphatic heterocycles. The Morgan fingerprint density at radius 3 is 2.70 bits per heavy atom. The maximum Gasteiger partial charge on any atom is 0.309 e. The van der Waals surface area contributed by atoms with Crippen molar-refractivity contribution in [3.05, 3.63) is 58.4 Å². The molecule has 0 spiro atoms. The van der Waals surface area contributed by atoms with Crippen LogP contribution in [0.1, 0.15) is 45.8 Å². The topological polar surface area (TPSA) is 53.2 Å². The molecule has 2 aromatic carbocycles. The molecule has 8 heteroatoms. The number of halogens is 5. The number of nitrogens with zero attached hydrogens (tertiary/aromatic N) is 1. The number of nitriles is 1. The maximum atomic E-state index is 15.4. The Kier molecular flexibility index (Phi) is 2.77. The summed E-state index contributed by atoms with van der Waals surface area (Å²) in [5.41, 5.74) is -11.3. The highest BCUT2D eigenvalue weighted by Gasteiger charge is 2.75. The second-order valence-corrected chi connectivity index (χ2v) is 6.48. The molecule has 27 heavy (non-hydrogen) atoms. The van der Waals surface area contributed by atoms with Crippen LogP contribution in [0.5, 0.6) is 11.5 Å². The summed E-state index contributed by atoms with van der Waals surface area (Å²) in [7, 11) is 0. The molecule has 140 valence electrons. The van der Waals surface area contributed by atoms with Crippen LogP contribution in [-0.4, -0.2) is 10.8 Å². The number of benzene rings is 2. The molecule has 0 bridgehead atoms. The molecule has 0 aromatic heterocycles. The van der Waals surface area contributed by atoms with Gasteiger partial charge < -0.3 is 9.84 Å². The van der Waals surface area contributed by atoms with Gasteiger partial charge in [-0.25, -0.2) is 13.2 Å². The predicted molar refractivity (Wildman–Crippen MR) is 83.4 cm³/mol. The van der Waals surface area contributed by atoms with E-state index in [2.05, 4.69) is 0 Å². The zero-order chi connectivity index (χ0) is 22.5. The van der Waals surface area contributed by atoms with Crippen LogP contribution in [0, 0.1) is 17.1 Å². The van der Waals surface area contributed by atoms with E-state index in [0.717, 1.165) is 24.3 Å². The fourth-order valence-corrected chi connectivity index (χ4v) is 3.45. The number of aliphatic hydroxyl groups is 1. The molecule has 4 rings (SSSR count). The van der Waals surface area contributed by atoms with E-state index < -0.39 is 58.0 Å². The third kappa shape index (κ3) is 2.09. The summed E-state index contributed by atoms with van der Waals surface area (Å²) in [6.07, 6.45) is -7.72. The van der Waals surface area contributed by atoms with Crippen molar-refractivity contribution in [3.8, 4) is 17.6 Å². The van der Waals surface area contributed by atoms with Gasteiger partial charge in [0.15, 0.2) is 0 Å². The quantitative estimate of drug-likeness (QED) is 0.748. The summed E-state index contributed by atoms with van der Waals surface area (Å²) in [4.78, 5) is 0. The van der Waals surface area contributed by atoms with E-state index in [9.17, 15) is 18.3 Å². The van der Waals surface area contributed by atoms with Gasteiger partial charge in [-0.05, 0) is 31.2 Å². The van der Waals surface area contributed by atoms with Gasteiger partial charge in [-0.3, -0.25) is 0 Å². The second-order valence-electron chi connectivity index (χ2n) is 6.48. The fraction of sp³-hybridized carbons (Fsp3) is 0.316. The third-order valence-electron chi connectivity index (χ3n) is 4.87. The summed E-state index contributed by atoms with van der Waals surface area (Å²) >= 11 is 0. The van der Waals surface area contributed by atoms with E-state index in [0.29, 0.717) is 6.07 Å². The normalized spacial score (nSPS) is 36.3. The Labute approximate surface area is 154 Å². The largest absolute Gasteiger partial charge is 0.457 e. The zero-order valence-electron chi connectivity index (χ0n) is 16.6. The highest BCUT2D eigenvalue weighted by Crippen LogP contribution is 2.67. The third-order valence-corrected chi connectivity index (χ3v) is 4.87. The molecule has 0 saturated carbocycles. The lowest BCUT2D eigenvalue weighted by atomic mass is 9.85. The smallest absolute Gasteiger partial charge is 0.309 e. The van der Waals surface area contributed by atoms with E-state index in [-0.39, 0.29) is 18.2 Å². The van der Waals surface area contributed by atoms with Gasteiger partial charge in [0, 0.05) is 31.9 Å². The Morgan fingerprint density at radius 1 is 1.33 bits per heavy atom. The minimum absolute atomic E-state index is 0.185. The first-order chi connectivity index (χ1) is 13.6. The van der Waals surface area contributed by atoms with Gasteiger partial charge in [-0.2, -0.15) is 14.0 Å². The number of hydrogen-bond acceptors (Lipinski definition) is 3. The molecule has 0 fully saturated rings. The first-order valence-electron chi connectivity index (χ1n) is 9.19. The van der Waals surface area contributed by atoms with Crippen molar-refractivity contribution in [1.29, 1.82) is 5.26 Å². The van der Waals surface area contributed by atoms with Gasteiger partial charge in [0.05, 0.1) is 13.0 Å². The van der Waals surface area contributed by atoms with Gasteiger partial charge in [0.2, 0.25) is 5.67 Å². The molecule has 3 nitrogen and oxygen atoms in total. The summed E-state index contributed by atoms with van der Waals surface area (Å²) in [5.74, 6) is -6.38. The van der Waals surface area contributed by atoms with Gasteiger partial charge in [0.1, 0.15) is 29.1 Å². The molecule has 1 unspecified atom stereocenters. The molecule has 2 aliphatic rings. The van der Waals surface area contributed by atoms with Crippen LogP contribution in [-0.2, 0) is 11.5 Å². The second kappa shape index (κ2) is 5.20. The molecular formula is C19H12F5NO2. The minimum atomic E-state index is -4.40. The van der Waals surface area contributed by atoms with Crippen molar-refractivity contribution >= 4 is 0 Å². The molecule has 0 amide bonds. The molecule has 0 radical (unpaired) electrons. The lowest BCUT2D eigenvalue weighted by Crippen LogP contribution is -2.49. The Balaban J connectivity index is 2.01. The van der Waals surface area contributed by atoms with Gasteiger partial charge in [-0.1, -0.05) is 0 Å². The van der Waals surface area contributed by atoms with E-state index in [1.54, 1.807) is 6.07 Å². The number of ether oxygens (including phenoxy) is 1. The van der Waals surface area contributed by atoms with Crippen molar-refractivity contribution < 1.29 is 35.9 Å². The van der Waals surface area contributed by atoms with Crippen LogP contribution in [0.2, 0.25) is 0 Å². The van der Waals surface area contributed by atoms with Crippen LogP contribution < -0.4 is 4.74 Å². The molecule has 0 heterocycles. The zero-order valence-corrected chi connectivity index (χ0v) is 13.6. The first kappa shape index (κ1) is 14.4. The van der Waals surface area contributed by atoms with Crippen LogP contribution in [0.15, 0.2) is 30.3 Å². The fourth-order valence-electron chi connectivity index (χ4n) is 3.45. The lowest BCUT2D eigenvalue weighted by molar-refractivity contribution is -0.213. The van der Waals surface area contributed by atoms with E-state index >= 15 is 8.78 Å². The summed E-state index contributed by atoms with van der Waals surface area (Å²) < 4.78 is 103. The van der Waals surface area contributed by atoms with Crippen molar-refractivity contribution in [2.45, 2.75) is 36.6 Å². The molecule has 3 atom stereocenters. The summed E-state index contributed by atoms with van der Waals surface area (Å²) in [6, 6.07) is 5.73.